The van der Waals surface area contributed by atoms with Gasteiger partial charge in [0.05, 0.1) is 0 Å². The molecule has 224 valence electrons. The summed E-state index contributed by atoms with van der Waals surface area (Å²) in [5, 5.41) is 23.2. The summed E-state index contributed by atoms with van der Waals surface area (Å²) in [6.45, 7) is 5.11. The molecular formula is C45H34P2. The molecule has 10 rings (SSSR count). The number of fused-ring (bicyclic) bond motifs is 14. The highest BCUT2D eigenvalue weighted by molar-refractivity contribution is 7.63. The Morgan fingerprint density at radius 2 is 0.596 bits per heavy atom. The monoisotopic (exact) mass is 636 g/mol. The van der Waals surface area contributed by atoms with Gasteiger partial charge in [-0.3, -0.25) is 0 Å². The highest BCUT2D eigenvalue weighted by Crippen LogP contribution is 2.64. The molecule has 2 heteroatoms. The van der Waals surface area contributed by atoms with Crippen molar-refractivity contribution in [2.75, 3.05) is 0 Å². The van der Waals surface area contributed by atoms with Crippen LogP contribution < -0.4 is 0 Å². The van der Waals surface area contributed by atoms with E-state index in [0.717, 1.165) is 0 Å². The molecule has 8 aromatic carbocycles. The third kappa shape index (κ3) is 3.96. The van der Waals surface area contributed by atoms with Crippen LogP contribution in [0.2, 0.25) is 0 Å². The molecule has 0 fully saturated rings. The van der Waals surface area contributed by atoms with Crippen molar-refractivity contribution in [3.05, 3.63) is 146 Å². The van der Waals surface area contributed by atoms with Crippen LogP contribution in [0.5, 0.6) is 0 Å². The maximum Gasteiger partial charge on any atom is 0.00331 e. The molecule has 0 spiro atoms. The molecule has 2 heterocycles. The molecule has 10 aromatic rings. The van der Waals surface area contributed by atoms with E-state index in [1.165, 1.54) is 71.1 Å². The summed E-state index contributed by atoms with van der Waals surface area (Å²) in [5.74, 6) is 0. The van der Waals surface area contributed by atoms with Crippen molar-refractivity contribution in [1.29, 1.82) is 0 Å². The summed E-state index contributed by atoms with van der Waals surface area (Å²) in [5.41, 5.74) is 1.11. The fourth-order valence-electron chi connectivity index (χ4n) is 8.81. The van der Waals surface area contributed by atoms with Crippen molar-refractivity contribution in [1.82, 2.24) is 0 Å². The smallest absolute Gasteiger partial charge is 0.00331 e. The lowest BCUT2D eigenvalue weighted by atomic mass is 10.00. The van der Waals surface area contributed by atoms with Crippen molar-refractivity contribution in [2.45, 2.75) is 31.6 Å². The molecule has 0 radical (unpaired) electrons. The van der Waals surface area contributed by atoms with E-state index in [4.69, 9.17) is 0 Å². The Morgan fingerprint density at radius 1 is 0.340 bits per heavy atom. The normalized spacial score (nSPS) is 13.7. The van der Waals surface area contributed by atoms with E-state index >= 15 is 0 Å². The lowest BCUT2D eigenvalue weighted by molar-refractivity contribution is 0.724. The Bertz CT molecular complexity index is 2480. The predicted octanol–water partition coefficient (Wildman–Crippen LogP) is 15.1. The largest absolute Gasteiger partial charge is 0.106 e. The van der Waals surface area contributed by atoms with Crippen molar-refractivity contribution >= 4 is 100 Å². The van der Waals surface area contributed by atoms with Gasteiger partial charge in [-0.25, -0.2) is 0 Å². The third-order valence-corrected chi connectivity index (χ3v) is 16.5. The fourth-order valence-corrected chi connectivity index (χ4v) is 15.3. The highest BCUT2D eigenvalue weighted by atomic mass is 31.1. The quantitative estimate of drug-likeness (QED) is 0.180. The van der Waals surface area contributed by atoms with Gasteiger partial charge in [-0.2, -0.15) is 0 Å². The summed E-state index contributed by atoms with van der Waals surface area (Å²) in [7, 11) is -1.02. The zero-order chi connectivity index (χ0) is 31.2. The Hall–Kier alpha value is -4.60. The van der Waals surface area contributed by atoms with Gasteiger partial charge in [0, 0.05) is 42.0 Å². The van der Waals surface area contributed by atoms with Gasteiger partial charge in [-0.1, -0.05) is 135 Å². The molecule has 0 saturated heterocycles. The van der Waals surface area contributed by atoms with Gasteiger partial charge in [0.2, 0.25) is 0 Å². The van der Waals surface area contributed by atoms with Gasteiger partial charge >= 0.3 is 0 Å². The predicted molar refractivity (Wildman–Crippen MR) is 212 cm³/mol. The average molecular weight is 637 g/mol. The second kappa shape index (κ2) is 10.5. The molecule has 0 saturated carbocycles. The first kappa shape index (κ1) is 27.5. The second-order valence-corrected chi connectivity index (χ2v) is 18.6. The van der Waals surface area contributed by atoms with Gasteiger partial charge in [-0.15, -0.1) is 15.1 Å². The molecule has 0 aliphatic carbocycles. The van der Waals surface area contributed by atoms with Crippen LogP contribution in [0.3, 0.4) is 0 Å². The van der Waals surface area contributed by atoms with E-state index in [9.17, 15) is 0 Å². The van der Waals surface area contributed by atoms with Gasteiger partial charge in [0.15, 0.2) is 0 Å². The summed E-state index contributed by atoms with van der Waals surface area (Å²) >= 11 is 0. The molecule has 0 aliphatic heterocycles. The van der Waals surface area contributed by atoms with Gasteiger partial charge in [-0.05, 0) is 85.1 Å². The van der Waals surface area contributed by atoms with E-state index in [1.54, 1.807) is 20.5 Å². The summed E-state index contributed by atoms with van der Waals surface area (Å²) < 4.78 is 0. The first-order valence-corrected chi connectivity index (χ1v) is 19.7. The summed E-state index contributed by atoms with van der Waals surface area (Å²) in [6.07, 6.45) is 1.20. The van der Waals surface area contributed by atoms with Crippen molar-refractivity contribution in [3.8, 4) is 0 Å². The zero-order valence-corrected chi connectivity index (χ0v) is 28.4. The van der Waals surface area contributed by atoms with Crippen LogP contribution in [-0.4, -0.2) is 0 Å². The van der Waals surface area contributed by atoms with E-state index in [2.05, 4.69) is 159 Å². The number of rotatable bonds is 4. The molecule has 0 N–H and O–H groups in total. The number of hydrogen-bond acceptors (Lipinski definition) is 0. The maximum atomic E-state index is 2.56. The van der Waals surface area contributed by atoms with Crippen LogP contribution in [0.25, 0.3) is 85.1 Å². The second-order valence-electron chi connectivity index (χ2n) is 13.4. The minimum absolute atomic E-state index is 0.512. The summed E-state index contributed by atoms with van der Waals surface area (Å²) in [4.78, 5) is 0. The van der Waals surface area contributed by atoms with E-state index in [-0.39, 0.29) is 0 Å². The fraction of sp³-hybridized carbons (Fsp3) is 0.111. The molecule has 2 aromatic heterocycles. The van der Waals surface area contributed by atoms with Crippen LogP contribution in [0.15, 0.2) is 146 Å². The lowest BCUT2D eigenvalue weighted by Crippen LogP contribution is -1.89. The van der Waals surface area contributed by atoms with Crippen LogP contribution in [0.4, 0.5) is 0 Å². The van der Waals surface area contributed by atoms with E-state index < -0.39 is 15.1 Å². The van der Waals surface area contributed by atoms with Crippen LogP contribution in [-0.2, 0) is 0 Å². The van der Waals surface area contributed by atoms with E-state index in [0.29, 0.717) is 11.3 Å². The van der Waals surface area contributed by atoms with E-state index in [1.807, 2.05) is 0 Å². The third-order valence-electron chi connectivity index (χ3n) is 10.7. The Labute approximate surface area is 276 Å². The number of benzene rings is 8. The number of hydrogen-bond donors (Lipinski definition) is 0. The van der Waals surface area contributed by atoms with Gasteiger partial charge < -0.3 is 0 Å². The van der Waals surface area contributed by atoms with Crippen molar-refractivity contribution in [2.24, 2.45) is 0 Å². The molecule has 0 nitrogen and oxygen atoms in total. The Kier molecular flexibility index (Phi) is 6.12. The Morgan fingerprint density at radius 3 is 0.872 bits per heavy atom. The van der Waals surface area contributed by atoms with Gasteiger partial charge in [0.1, 0.15) is 0 Å². The minimum atomic E-state index is -0.512. The SMILES string of the molecule is C[C@@H](C[C@H](C)p1c2ccc3ccccc3c2c2c3ccccc3ccc21)p1c2ccc3ccccc3c2c2c3ccccc3ccc21. The van der Waals surface area contributed by atoms with Crippen LogP contribution in [0, 0.1) is 0 Å². The Balaban J connectivity index is 1.21. The first-order valence-electron chi connectivity index (χ1n) is 16.8. The van der Waals surface area contributed by atoms with Crippen LogP contribution in [0.1, 0.15) is 31.6 Å². The maximum absolute atomic E-state index is 2.56. The van der Waals surface area contributed by atoms with Crippen molar-refractivity contribution in [3.63, 3.8) is 0 Å². The molecule has 0 amide bonds. The average Bonchev–Trinajstić information content (AvgIpc) is 3.66. The van der Waals surface area contributed by atoms with Gasteiger partial charge in [0.25, 0.3) is 0 Å². The molecule has 2 atom stereocenters. The standard InChI is InChI=1S/C45H34P2/c1-28(46-38-23-19-30-11-3-7-15-34(30)42(38)43-35-16-8-4-12-31(35)20-24-39(43)46)27-29(2)47-40-25-21-32-13-5-9-17-36(32)44(40)45-37-18-10-6-14-33(37)22-26-41(45)47/h3-26,28-29H,27H2,1-2H3/t28-,29-/m0/s1. The highest BCUT2D eigenvalue weighted by Gasteiger charge is 2.25. The topological polar surface area (TPSA) is 0 Å². The molecular weight excluding hydrogens is 602 g/mol. The lowest BCUT2D eigenvalue weighted by Gasteiger charge is -2.20. The summed E-state index contributed by atoms with van der Waals surface area (Å²) in [6, 6.07) is 55.4. The zero-order valence-electron chi connectivity index (χ0n) is 26.6. The van der Waals surface area contributed by atoms with Crippen LogP contribution >= 0.6 is 15.1 Å². The first-order chi connectivity index (χ1) is 23.2. The molecule has 0 unspecified atom stereocenters. The molecule has 47 heavy (non-hydrogen) atoms. The van der Waals surface area contributed by atoms with Crippen molar-refractivity contribution < 1.29 is 0 Å². The minimum Gasteiger partial charge on any atom is -0.106 e. The molecule has 0 bridgehead atoms. The molecule has 0 aliphatic rings.